The van der Waals surface area contributed by atoms with Gasteiger partial charge in [-0.2, -0.15) is 0 Å². The van der Waals surface area contributed by atoms with Gasteiger partial charge in [0.1, 0.15) is 11.8 Å². The van der Waals surface area contributed by atoms with Gasteiger partial charge in [-0.1, -0.05) is 30.3 Å². The van der Waals surface area contributed by atoms with Gasteiger partial charge in [0.15, 0.2) is 0 Å². The molecule has 0 aliphatic rings. The molecular weight excluding hydrogens is 444 g/mol. The SMILES string of the molecule is CC(=O)NC(CCc1ccccc1)C(=O)NCC(C)(C)NC(=O)C(N)Cc1c(C)cc(O)cc1C. The number of amides is 3. The number of aromatic hydroxyl groups is 1. The molecule has 3 amide bonds. The Bertz CT molecular complexity index is 1010. The van der Waals surface area contributed by atoms with E-state index in [1.807, 2.05) is 44.2 Å². The molecule has 8 heteroatoms. The van der Waals surface area contributed by atoms with Gasteiger partial charge in [-0.05, 0) is 81.3 Å². The molecule has 0 aliphatic carbocycles. The van der Waals surface area contributed by atoms with E-state index < -0.39 is 17.6 Å². The van der Waals surface area contributed by atoms with Gasteiger partial charge in [0.25, 0.3) is 0 Å². The molecule has 0 fully saturated rings. The molecule has 190 valence electrons. The Balaban J connectivity index is 1.93. The zero-order chi connectivity index (χ0) is 26.2. The first-order chi connectivity index (χ1) is 16.4. The molecule has 2 unspecified atom stereocenters. The maximum atomic E-state index is 12.8. The lowest BCUT2D eigenvalue weighted by atomic mass is 9.95. The van der Waals surface area contributed by atoms with Crippen LogP contribution in [-0.2, 0) is 27.2 Å². The quantitative estimate of drug-likeness (QED) is 0.334. The van der Waals surface area contributed by atoms with E-state index in [2.05, 4.69) is 16.0 Å². The minimum atomic E-state index is -0.787. The molecule has 8 nitrogen and oxygen atoms in total. The summed E-state index contributed by atoms with van der Waals surface area (Å²) in [6, 6.07) is 11.6. The van der Waals surface area contributed by atoms with Gasteiger partial charge < -0.3 is 26.8 Å². The van der Waals surface area contributed by atoms with E-state index in [9.17, 15) is 19.5 Å². The van der Waals surface area contributed by atoms with Crippen molar-refractivity contribution in [3.05, 3.63) is 64.7 Å². The molecule has 35 heavy (non-hydrogen) atoms. The fourth-order valence-electron chi connectivity index (χ4n) is 3.98. The second-order valence-electron chi connectivity index (χ2n) is 9.74. The van der Waals surface area contributed by atoms with Crippen molar-refractivity contribution in [1.82, 2.24) is 16.0 Å². The average molecular weight is 483 g/mol. The summed E-state index contributed by atoms with van der Waals surface area (Å²) < 4.78 is 0. The van der Waals surface area contributed by atoms with Crippen LogP contribution >= 0.6 is 0 Å². The van der Waals surface area contributed by atoms with E-state index in [4.69, 9.17) is 5.73 Å². The van der Waals surface area contributed by atoms with Crippen molar-refractivity contribution >= 4 is 17.7 Å². The van der Waals surface area contributed by atoms with E-state index in [-0.39, 0.29) is 30.0 Å². The fraction of sp³-hybridized carbons (Fsp3) is 0.444. The third kappa shape index (κ3) is 9.05. The molecule has 0 saturated heterocycles. The first-order valence-electron chi connectivity index (χ1n) is 11.8. The lowest BCUT2D eigenvalue weighted by Crippen LogP contribution is -2.57. The average Bonchev–Trinajstić information content (AvgIpc) is 2.77. The molecule has 0 aromatic heterocycles. The summed E-state index contributed by atoms with van der Waals surface area (Å²) >= 11 is 0. The molecule has 2 atom stereocenters. The third-order valence-electron chi connectivity index (χ3n) is 5.87. The maximum absolute atomic E-state index is 12.8. The van der Waals surface area contributed by atoms with Crippen LogP contribution in [0.4, 0.5) is 0 Å². The number of carbonyl (C=O) groups excluding carboxylic acids is 3. The molecule has 0 radical (unpaired) electrons. The predicted molar refractivity (Wildman–Crippen MR) is 137 cm³/mol. The number of phenols is 1. The number of aryl methyl sites for hydroxylation is 3. The minimum absolute atomic E-state index is 0.170. The van der Waals surface area contributed by atoms with E-state index in [0.717, 1.165) is 22.3 Å². The van der Waals surface area contributed by atoms with Crippen LogP contribution < -0.4 is 21.7 Å². The largest absolute Gasteiger partial charge is 0.508 e. The van der Waals surface area contributed by atoms with Crippen molar-refractivity contribution < 1.29 is 19.5 Å². The van der Waals surface area contributed by atoms with Crippen molar-refractivity contribution in [2.24, 2.45) is 5.73 Å². The Kier molecular flexibility index (Phi) is 9.83. The highest BCUT2D eigenvalue weighted by molar-refractivity contribution is 5.87. The molecule has 0 saturated carbocycles. The molecular formula is C27H38N4O4. The van der Waals surface area contributed by atoms with Crippen LogP contribution in [0.1, 0.15) is 49.4 Å². The van der Waals surface area contributed by atoms with Crippen molar-refractivity contribution in [3.63, 3.8) is 0 Å². The Morgan fingerprint density at radius 1 is 1.03 bits per heavy atom. The van der Waals surface area contributed by atoms with Crippen LogP contribution in [-0.4, -0.2) is 47.0 Å². The van der Waals surface area contributed by atoms with Crippen molar-refractivity contribution in [2.45, 2.75) is 71.5 Å². The molecule has 0 bridgehead atoms. The number of hydrogen-bond donors (Lipinski definition) is 5. The molecule has 0 heterocycles. The van der Waals surface area contributed by atoms with Crippen LogP contribution in [0.3, 0.4) is 0 Å². The van der Waals surface area contributed by atoms with E-state index >= 15 is 0 Å². The highest BCUT2D eigenvalue weighted by Crippen LogP contribution is 2.22. The summed E-state index contributed by atoms with van der Waals surface area (Å²) in [5.41, 5.74) is 9.16. The lowest BCUT2D eigenvalue weighted by Gasteiger charge is -2.29. The van der Waals surface area contributed by atoms with Crippen LogP contribution in [0.15, 0.2) is 42.5 Å². The van der Waals surface area contributed by atoms with Gasteiger partial charge >= 0.3 is 0 Å². The van der Waals surface area contributed by atoms with Crippen LogP contribution in [0, 0.1) is 13.8 Å². The number of benzene rings is 2. The normalized spacial score (nSPS) is 13.0. The van der Waals surface area contributed by atoms with Gasteiger partial charge in [-0.15, -0.1) is 0 Å². The number of nitrogens with two attached hydrogens (primary N) is 1. The zero-order valence-electron chi connectivity index (χ0n) is 21.3. The molecule has 2 aromatic rings. The van der Waals surface area contributed by atoms with Crippen LogP contribution in [0.25, 0.3) is 0 Å². The van der Waals surface area contributed by atoms with Crippen LogP contribution in [0.5, 0.6) is 5.75 Å². The number of hydrogen-bond acceptors (Lipinski definition) is 5. The lowest BCUT2D eigenvalue weighted by molar-refractivity contribution is -0.128. The summed E-state index contributed by atoms with van der Waals surface area (Å²) in [5.74, 6) is -0.742. The summed E-state index contributed by atoms with van der Waals surface area (Å²) in [6.07, 6.45) is 1.43. The maximum Gasteiger partial charge on any atom is 0.242 e. The molecule has 6 N–H and O–H groups in total. The number of rotatable bonds is 11. The summed E-state index contributed by atoms with van der Waals surface area (Å²) in [5, 5.41) is 18.2. The predicted octanol–water partition coefficient (Wildman–Crippen LogP) is 2.03. The summed E-state index contributed by atoms with van der Waals surface area (Å²) in [4.78, 5) is 37.2. The number of carbonyl (C=O) groups is 3. The number of phenolic OH excluding ortho intramolecular Hbond substituents is 1. The molecule has 0 aliphatic heterocycles. The second-order valence-corrected chi connectivity index (χ2v) is 9.74. The Morgan fingerprint density at radius 3 is 2.20 bits per heavy atom. The third-order valence-corrected chi connectivity index (χ3v) is 5.87. The van der Waals surface area contributed by atoms with Crippen molar-refractivity contribution in [1.29, 1.82) is 0 Å². The van der Waals surface area contributed by atoms with E-state index in [0.29, 0.717) is 19.3 Å². The molecule has 2 rings (SSSR count). The van der Waals surface area contributed by atoms with Gasteiger partial charge in [-0.3, -0.25) is 14.4 Å². The zero-order valence-corrected chi connectivity index (χ0v) is 21.3. The first kappa shape index (κ1) is 27.9. The highest BCUT2D eigenvalue weighted by atomic mass is 16.3. The van der Waals surface area contributed by atoms with Gasteiger partial charge in [0.05, 0.1) is 11.6 Å². The smallest absolute Gasteiger partial charge is 0.242 e. The van der Waals surface area contributed by atoms with Crippen LogP contribution in [0.2, 0.25) is 0 Å². The highest BCUT2D eigenvalue weighted by Gasteiger charge is 2.27. The van der Waals surface area contributed by atoms with Crippen molar-refractivity contribution in [3.8, 4) is 5.75 Å². The molecule has 2 aromatic carbocycles. The number of nitrogens with one attached hydrogen (secondary N) is 3. The van der Waals surface area contributed by atoms with Gasteiger partial charge in [0.2, 0.25) is 17.7 Å². The Labute approximate surface area is 207 Å². The first-order valence-corrected chi connectivity index (χ1v) is 11.8. The summed E-state index contributed by atoms with van der Waals surface area (Å²) in [7, 11) is 0. The second kappa shape index (κ2) is 12.4. The monoisotopic (exact) mass is 482 g/mol. The van der Waals surface area contributed by atoms with E-state index in [1.165, 1.54) is 6.92 Å². The molecule has 0 spiro atoms. The minimum Gasteiger partial charge on any atom is -0.508 e. The van der Waals surface area contributed by atoms with Gasteiger partial charge in [-0.25, -0.2) is 0 Å². The Morgan fingerprint density at radius 2 is 1.63 bits per heavy atom. The topological polar surface area (TPSA) is 134 Å². The Hall–Kier alpha value is -3.39. The van der Waals surface area contributed by atoms with E-state index in [1.54, 1.807) is 26.0 Å². The standard InChI is InChI=1S/C27H38N4O4/c1-17-13-21(33)14-18(2)22(17)15-23(28)25(34)31-27(4,5)16-29-26(35)24(30-19(3)32)12-11-20-9-7-6-8-10-20/h6-10,13-14,23-24,33H,11-12,15-16,28H2,1-5H3,(H,29,35)(H,30,32)(H,31,34). The fourth-order valence-corrected chi connectivity index (χ4v) is 3.98. The summed E-state index contributed by atoms with van der Waals surface area (Å²) in [6.45, 7) is 8.89. The van der Waals surface area contributed by atoms with Crippen molar-refractivity contribution in [2.75, 3.05) is 6.54 Å². The van der Waals surface area contributed by atoms with Gasteiger partial charge in [0, 0.05) is 13.5 Å².